The van der Waals surface area contributed by atoms with Crippen LogP contribution in [-0.4, -0.2) is 54.0 Å². The molecule has 37 heavy (non-hydrogen) atoms. The molecular formula is C25H19FN6O4S. The summed E-state index contributed by atoms with van der Waals surface area (Å²) in [4.78, 5) is 26.1. The molecule has 6 rings (SSSR count). The largest absolute Gasteiger partial charge is 0.445 e. The quantitative estimate of drug-likeness (QED) is 0.377. The molecule has 5 aromatic heterocycles. The lowest BCUT2D eigenvalue weighted by Gasteiger charge is -2.19. The van der Waals surface area contributed by atoms with Crippen LogP contribution in [0.2, 0.25) is 0 Å². The van der Waals surface area contributed by atoms with Crippen molar-refractivity contribution in [1.82, 2.24) is 24.7 Å². The molecule has 0 fully saturated rings. The van der Waals surface area contributed by atoms with Crippen LogP contribution in [0, 0.1) is 5.82 Å². The van der Waals surface area contributed by atoms with Gasteiger partial charge < -0.3 is 9.73 Å². The van der Waals surface area contributed by atoms with E-state index in [0.29, 0.717) is 44.1 Å². The number of hydrogen-bond acceptors (Lipinski definition) is 7. The summed E-state index contributed by atoms with van der Waals surface area (Å²) in [6, 6.07) is 11.6. The van der Waals surface area contributed by atoms with Crippen LogP contribution in [0.3, 0.4) is 0 Å². The maximum absolute atomic E-state index is 14.5. The third kappa shape index (κ3) is 3.48. The predicted molar refractivity (Wildman–Crippen MR) is 138 cm³/mol. The Kier molecular flexibility index (Phi) is 4.92. The van der Waals surface area contributed by atoms with Crippen LogP contribution >= 0.6 is 0 Å². The fourth-order valence-electron chi connectivity index (χ4n) is 4.38. The number of hydrogen-bond donors (Lipinski definition) is 1. The zero-order valence-electron chi connectivity index (χ0n) is 19.9. The molecule has 0 aliphatic carbocycles. The summed E-state index contributed by atoms with van der Waals surface area (Å²) < 4.78 is 47.7. The summed E-state index contributed by atoms with van der Waals surface area (Å²) in [6.07, 6.45) is 3.94. The summed E-state index contributed by atoms with van der Waals surface area (Å²) in [5, 5.41) is 3.38. The number of carbonyl (C=O) groups is 1. The number of pyridine rings is 2. The standard InChI is InChI=1S/C25H19FN6O4S/c1-27-24(33)16-11-36-25-13(16)9-15(23(30-25)31(2)37(3,34)35)18-7-8-19-22(29-18)21-10-14-17(26)5-4-6-20(14)32(21)12-28-19/h4-12H,1-3H3,(H,27,33). The van der Waals surface area contributed by atoms with Crippen molar-refractivity contribution in [2.24, 2.45) is 0 Å². The smallest absolute Gasteiger partial charge is 0.254 e. The van der Waals surface area contributed by atoms with Crippen LogP contribution in [0.15, 0.2) is 59.5 Å². The number of benzene rings is 1. The van der Waals surface area contributed by atoms with E-state index in [1.807, 2.05) is 0 Å². The first-order chi connectivity index (χ1) is 17.7. The second-order valence-corrected chi connectivity index (χ2v) is 10.6. The molecular weight excluding hydrogens is 499 g/mol. The highest BCUT2D eigenvalue weighted by molar-refractivity contribution is 7.92. The van der Waals surface area contributed by atoms with Crippen LogP contribution in [-0.2, 0) is 10.0 Å². The third-order valence-corrected chi connectivity index (χ3v) is 7.52. The van der Waals surface area contributed by atoms with E-state index >= 15 is 0 Å². The van der Waals surface area contributed by atoms with Gasteiger partial charge >= 0.3 is 0 Å². The molecule has 0 saturated heterocycles. The van der Waals surface area contributed by atoms with Gasteiger partial charge in [0.15, 0.2) is 5.82 Å². The number of anilines is 1. The molecule has 1 N–H and O–H groups in total. The van der Waals surface area contributed by atoms with Crippen molar-refractivity contribution in [2.45, 2.75) is 0 Å². The van der Waals surface area contributed by atoms with E-state index in [0.717, 1.165) is 10.6 Å². The van der Waals surface area contributed by atoms with Crippen LogP contribution < -0.4 is 9.62 Å². The van der Waals surface area contributed by atoms with E-state index in [4.69, 9.17) is 9.40 Å². The summed E-state index contributed by atoms with van der Waals surface area (Å²) in [5.74, 6) is -0.667. The van der Waals surface area contributed by atoms with Crippen molar-refractivity contribution in [3.63, 3.8) is 0 Å². The number of carbonyl (C=O) groups excluding carboxylic acids is 1. The highest BCUT2D eigenvalue weighted by Gasteiger charge is 2.24. The molecule has 1 amide bonds. The molecule has 0 unspecified atom stereocenters. The van der Waals surface area contributed by atoms with E-state index in [2.05, 4.69) is 15.3 Å². The number of sulfonamides is 1. The molecule has 0 aliphatic rings. The average molecular weight is 519 g/mol. The van der Waals surface area contributed by atoms with Gasteiger partial charge in [-0.25, -0.2) is 22.8 Å². The van der Waals surface area contributed by atoms with Gasteiger partial charge in [0.25, 0.3) is 5.91 Å². The van der Waals surface area contributed by atoms with Gasteiger partial charge in [0.2, 0.25) is 15.7 Å². The minimum absolute atomic E-state index is 0.0751. The number of rotatable bonds is 4. The Balaban J connectivity index is 1.67. The Morgan fingerprint density at radius 2 is 1.92 bits per heavy atom. The minimum atomic E-state index is -3.70. The first kappa shape index (κ1) is 22.9. The summed E-state index contributed by atoms with van der Waals surface area (Å²) in [7, 11) is -0.836. The van der Waals surface area contributed by atoms with Crippen LogP contribution in [0.25, 0.3) is 49.8 Å². The Bertz CT molecular complexity index is 2010. The SMILES string of the molecule is CNC(=O)c1coc2nc(N(C)S(C)(=O)=O)c(-c3ccc4ncn5c6cccc(F)c6cc5c4n3)cc12. The molecule has 0 bridgehead atoms. The first-order valence-electron chi connectivity index (χ1n) is 11.1. The monoisotopic (exact) mass is 518 g/mol. The Labute approximate surface area is 209 Å². The summed E-state index contributed by atoms with van der Waals surface area (Å²) in [6.45, 7) is 0. The van der Waals surface area contributed by atoms with Gasteiger partial charge in [-0.2, -0.15) is 4.98 Å². The lowest BCUT2D eigenvalue weighted by atomic mass is 10.1. The van der Waals surface area contributed by atoms with Crippen LogP contribution in [0.1, 0.15) is 10.4 Å². The van der Waals surface area contributed by atoms with Crippen molar-refractivity contribution < 1.29 is 22.0 Å². The normalized spacial score (nSPS) is 12.1. The van der Waals surface area contributed by atoms with Gasteiger partial charge in [0.1, 0.15) is 23.9 Å². The zero-order valence-corrected chi connectivity index (χ0v) is 20.7. The molecule has 1 aromatic carbocycles. The summed E-state index contributed by atoms with van der Waals surface area (Å²) in [5.41, 5.74) is 3.43. The minimum Gasteiger partial charge on any atom is -0.445 e. The zero-order chi connectivity index (χ0) is 26.1. The molecule has 5 heterocycles. The second kappa shape index (κ2) is 7.96. The Hall–Kier alpha value is -4.58. The van der Waals surface area contributed by atoms with Gasteiger partial charge in [-0.05, 0) is 36.4 Å². The molecule has 0 aliphatic heterocycles. The van der Waals surface area contributed by atoms with E-state index in [1.54, 1.807) is 47.1 Å². The number of nitrogens with one attached hydrogen (secondary N) is 1. The second-order valence-electron chi connectivity index (χ2n) is 8.55. The number of aromatic nitrogens is 4. The number of nitrogens with zero attached hydrogens (tertiary/aromatic N) is 5. The molecule has 0 radical (unpaired) electrons. The molecule has 0 atom stereocenters. The number of amides is 1. The van der Waals surface area contributed by atoms with E-state index in [9.17, 15) is 17.6 Å². The molecule has 0 spiro atoms. The van der Waals surface area contributed by atoms with E-state index < -0.39 is 10.0 Å². The highest BCUT2D eigenvalue weighted by Crippen LogP contribution is 2.35. The van der Waals surface area contributed by atoms with Gasteiger partial charge in [-0.3, -0.25) is 13.5 Å². The predicted octanol–water partition coefficient (Wildman–Crippen LogP) is 3.74. The van der Waals surface area contributed by atoms with Crippen molar-refractivity contribution >= 4 is 60.3 Å². The fraction of sp³-hybridized carbons (Fsp3) is 0.120. The van der Waals surface area contributed by atoms with Crippen molar-refractivity contribution in [1.29, 1.82) is 0 Å². The average Bonchev–Trinajstić information content (AvgIpc) is 3.48. The lowest BCUT2D eigenvalue weighted by Crippen LogP contribution is -2.26. The Morgan fingerprint density at radius 3 is 2.68 bits per heavy atom. The fourth-order valence-corrected chi connectivity index (χ4v) is 4.83. The Morgan fingerprint density at radius 1 is 1.11 bits per heavy atom. The van der Waals surface area contributed by atoms with E-state index in [-0.39, 0.29) is 28.8 Å². The lowest BCUT2D eigenvalue weighted by molar-refractivity contribution is 0.0964. The van der Waals surface area contributed by atoms with Gasteiger partial charge in [0.05, 0.1) is 39.4 Å². The van der Waals surface area contributed by atoms with Gasteiger partial charge in [-0.1, -0.05) is 6.07 Å². The molecule has 12 heteroatoms. The van der Waals surface area contributed by atoms with E-state index in [1.165, 1.54) is 26.4 Å². The highest BCUT2D eigenvalue weighted by atomic mass is 32.2. The van der Waals surface area contributed by atoms with Crippen LogP contribution in [0.5, 0.6) is 0 Å². The first-order valence-corrected chi connectivity index (χ1v) is 13.0. The van der Waals surface area contributed by atoms with Crippen LogP contribution in [0.4, 0.5) is 10.2 Å². The maximum Gasteiger partial charge on any atom is 0.254 e. The maximum atomic E-state index is 14.5. The number of fused-ring (bicyclic) bond motifs is 6. The molecule has 6 aromatic rings. The van der Waals surface area contributed by atoms with Crippen molar-refractivity contribution in [3.8, 4) is 11.3 Å². The van der Waals surface area contributed by atoms with Crippen molar-refractivity contribution in [2.75, 3.05) is 24.7 Å². The summed E-state index contributed by atoms with van der Waals surface area (Å²) >= 11 is 0. The topological polar surface area (TPSA) is 123 Å². The number of halogens is 1. The third-order valence-electron chi connectivity index (χ3n) is 6.35. The van der Waals surface area contributed by atoms with Crippen molar-refractivity contribution in [3.05, 3.63) is 66.4 Å². The van der Waals surface area contributed by atoms with Gasteiger partial charge in [-0.15, -0.1) is 0 Å². The molecule has 10 nitrogen and oxygen atoms in total. The molecule has 186 valence electrons. The molecule has 0 saturated carbocycles. The number of furan rings is 1. The van der Waals surface area contributed by atoms with Gasteiger partial charge in [0, 0.05) is 25.0 Å².